The second kappa shape index (κ2) is 4.95. The van der Waals surface area contributed by atoms with E-state index in [1.165, 1.54) is 11.3 Å². The Hall–Kier alpha value is -0.910. The molecule has 0 amide bonds. The third-order valence-corrected chi connectivity index (χ3v) is 4.10. The number of aliphatic hydroxyl groups is 1. The number of aromatic nitrogens is 1. The molecule has 0 saturated carbocycles. The average Bonchev–Trinajstić information content (AvgIpc) is 2.74. The third-order valence-electron chi connectivity index (χ3n) is 2.18. The summed E-state index contributed by atoms with van der Waals surface area (Å²) in [6, 6.07) is 3.70. The van der Waals surface area contributed by atoms with Crippen LogP contribution in [0.3, 0.4) is 0 Å². The van der Waals surface area contributed by atoms with Crippen molar-refractivity contribution in [2.45, 2.75) is 6.10 Å². The van der Waals surface area contributed by atoms with E-state index < -0.39 is 6.10 Å². The van der Waals surface area contributed by atoms with Crippen molar-refractivity contribution < 1.29 is 9.84 Å². The lowest BCUT2D eigenvalue weighted by Gasteiger charge is -2.10. The van der Waals surface area contributed by atoms with Crippen LogP contribution in [-0.2, 0) is 0 Å². The molecule has 0 radical (unpaired) electrons. The van der Waals surface area contributed by atoms with Crippen molar-refractivity contribution in [2.24, 2.45) is 0 Å². The number of nitrogens with zero attached hydrogens (tertiary/aromatic N) is 1. The van der Waals surface area contributed by atoms with Crippen LogP contribution in [0.4, 0.5) is 0 Å². The van der Waals surface area contributed by atoms with Crippen LogP contribution in [0.1, 0.15) is 16.5 Å². The van der Waals surface area contributed by atoms with Crippen LogP contribution in [0.15, 0.2) is 34.4 Å². The summed E-state index contributed by atoms with van der Waals surface area (Å²) < 4.78 is 5.98. The van der Waals surface area contributed by atoms with Crippen molar-refractivity contribution >= 4 is 27.3 Å². The second-order valence-corrected chi connectivity index (χ2v) is 5.00. The zero-order valence-corrected chi connectivity index (χ0v) is 11.0. The van der Waals surface area contributed by atoms with Crippen molar-refractivity contribution in [3.63, 3.8) is 0 Å². The molecule has 0 bridgehead atoms. The standard InChI is InChI=1S/C11H10BrNO2S/c1-15-8-4-7(5-13-6-8)10(14)11-9(12)2-3-16-11/h2-6,10,14H,1H3. The van der Waals surface area contributed by atoms with Gasteiger partial charge in [-0.1, -0.05) is 0 Å². The predicted molar refractivity (Wildman–Crippen MR) is 66.9 cm³/mol. The fourth-order valence-corrected chi connectivity index (χ4v) is 2.95. The minimum Gasteiger partial charge on any atom is -0.495 e. The summed E-state index contributed by atoms with van der Waals surface area (Å²) in [5, 5.41) is 12.1. The van der Waals surface area contributed by atoms with Gasteiger partial charge in [0, 0.05) is 16.2 Å². The highest BCUT2D eigenvalue weighted by Crippen LogP contribution is 2.33. The Morgan fingerprint density at radius 3 is 2.94 bits per heavy atom. The summed E-state index contributed by atoms with van der Waals surface area (Å²) in [4.78, 5) is 4.89. The summed E-state index contributed by atoms with van der Waals surface area (Å²) in [5.74, 6) is 0.643. The van der Waals surface area contributed by atoms with Crippen molar-refractivity contribution in [2.75, 3.05) is 7.11 Å². The maximum absolute atomic E-state index is 10.2. The van der Waals surface area contributed by atoms with Crippen LogP contribution < -0.4 is 4.74 Å². The van der Waals surface area contributed by atoms with Crippen molar-refractivity contribution in [1.82, 2.24) is 4.98 Å². The molecule has 2 rings (SSSR count). The lowest BCUT2D eigenvalue weighted by Crippen LogP contribution is -1.99. The Labute approximate surface area is 106 Å². The predicted octanol–water partition coefficient (Wildman–Crippen LogP) is 3.00. The summed E-state index contributed by atoms with van der Waals surface area (Å²) in [6.07, 6.45) is 2.58. The summed E-state index contributed by atoms with van der Waals surface area (Å²) in [7, 11) is 1.58. The SMILES string of the molecule is COc1cncc(C(O)c2sccc2Br)c1. The molecule has 2 heterocycles. The zero-order valence-electron chi connectivity index (χ0n) is 8.55. The molecule has 1 N–H and O–H groups in total. The third kappa shape index (κ3) is 2.26. The number of aliphatic hydroxyl groups excluding tert-OH is 1. The van der Waals surface area contributed by atoms with Crippen LogP contribution in [0.5, 0.6) is 5.75 Å². The molecule has 0 aromatic carbocycles. The largest absolute Gasteiger partial charge is 0.495 e. The Morgan fingerprint density at radius 2 is 2.31 bits per heavy atom. The highest BCUT2D eigenvalue weighted by Gasteiger charge is 2.15. The van der Waals surface area contributed by atoms with E-state index >= 15 is 0 Å². The smallest absolute Gasteiger partial charge is 0.137 e. The molecule has 84 valence electrons. The molecule has 2 aromatic heterocycles. The van der Waals surface area contributed by atoms with E-state index in [4.69, 9.17) is 4.74 Å². The highest BCUT2D eigenvalue weighted by molar-refractivity contribution is 9.10. The van der Waals surface area contributed by atoms with Gasteiger partial charge in [0.25, 0.3) is 0 Å². The van der Waals surface area contributed by atoms with Crippen LogP contribution >= 0.6 is 27.3 Å². The molecule has 16 heavy (non-hydrogen) atoms. The molecule has 1 atom stereocenters. The van der Waals surface area contributed by atoms with E-state index in [9.17, 15) is 5.11 Å². The number of ether oxygens (including phenoxy) is 1. The number of hydrogen-bond acceptors (Lipinski definition) is 4. The molecule has 1 unspecified atom stereocenters. The Bertz CT molecular complexity index is 486. The van der Waals surface area contributed by atoms with Gasteiger partial charge in [-0.15, -0.1) is 11.3 Å². The average molecular weight is 300 g/mol. The van der Waals surface area contributed by atoms with Gasteiger partial charge in [0.1, 0.15) is 11.9 Å². The van der Waals surface area contributed by atoms with Crippen LogP contribution in [0.2, 0.25) is 0 Å². The number of halogens is 1. The molecular weight excluding hydrogens is 290 g/mol. The molecular formula is C11H10BrNO2S. The van der Waals surface area contributed by atoms with Crippen molar-refractivity contribution in [3.8, 4) is 5.75 Å². The quantitative estimate of drug-likeness (QED) is 0.947. The fraction of sp³-hybridized carbons (Fsp3) is 0.182. The van der Waals surface area contributed by atoms with Crippen LogP contribution in [-0.4, -0.2) is 17.2 Å². The van der Waals surface area contributed by atoms with Gasteiger partial charge >= 0.3 is 0 Å². The zero-order chi connectivity index (χ0) is 11.5. The molecule has 0 aliphatic heterocycles. The Kier molecular flexibility index (Phi) is 3.58. The van der Waals surface area contributed by atoms with Gasteiger partial charge in [0.05, 0.1) is 18.2 Å². The molecule has 0 spiro atoms. The molecule has 0 aliphatic rings. The lowest BCUT2D eigenvalue weighted by atomic mass is 10.1. The maximum Gasteiger partial charge on any atom is 0.137 e. The summed E-state index contributed by atoms with van der Waals surface area (Å²) in [5.41, 5.74) is 0.725. The number of pyridine rings is 1. The van der Waals surface area contributed by atoms with E-state index in [-0.39, 0.29) is 0 Å². The van der Waals surface area contributed by atoms with Crippen LogP contribution in [0, 0.1) is 0 Å². The van der Waals surface area contributed by atoms with Gasteiger partial charge in [0.2, 0.25) is 0 Å². The van der Waals surface area contributed by atoms with Gasteiger partial charge in [-0.25, -0.2) is 0 Å². The first-order valence-corrected chi connectivity index (χ1v) is 6.29. The molecule has 3 nitrogen and oxygen atoms in total. The fourth-order valence-electron chi connectivity index (χ4n) is 1.35. The molecule has 0 aliphatic carbocycles. The van der Waals surface area contributed by atoms with Gasteiger partial charge in [-0.3, -0.25) is 4.98 Å². The van der Waals surface area contributed by atoms with Gasteiger partial charge in [0.15, 0.2) is 0 Å². The number of rotatable bonds is 3. The first kappa shape index (κ1) is 11.6. The van der Waals surface area contributed by atoms with Gasteiger partial charge < -0.3 is 9.84 Å². The lowest BCUT2D eigenvalue weighted by molar-refractivity contribution is 0.222. The minimum atomic E-state index is -0.669. The molecule has 0 saturated heterocycles. The normalized spacial score (nSPS) is 12.4. The van der Waals surface area contributed by atoms with Gasteiger partial charge in [-0.05, 0) is 33.4 Å². The molecule has 2 aromatic rings. The van der Waals surface area contributed by atoms with E-state index in [1.807, 2.05) is 11.4 Å². The highest BCUT2D eigenvalue weighted by atomic mass is 79.9. The molecule has 0 fully saturated rings. The number of hydrogen-bond donors (Lipinski definition) is 1. The summed E-state index contributed by atoms with van der Waals surface area (Å²) >= 11 is 4.90. The van der Waals surface area contributed by atoms with E-state index in [0.717, 1.165) is 14.9 Å². The van der Waals surface area contributed by atoms with Crippen molar-refractivity contribution in [3.05, 3.63) is 44.8 Å². The van der Waals surface area contributed by atoms with E-state index in [1.54, 1.807) is 25.6 Å². The minimum absolute atomic E-state index is 0.643. The second-order valence-electron chi connectivity index (χ2n) is 3.19. The van der Waals surface area contributed by atoms with Crippen LogP contribution in [0.25, 0.3) is 0 Å². The summed E-state index contributed by atoms with van der Waals surface area (Å²) in [6.45, 7) is 0. The number of thiophene rings is 1. The number of methoxy groups -OCH3 is 1. The monoisotopic (exact) mass is 299 g/mol. The molecule has 5 heteroatoms. The maximum atomic E-state index is 10.2. The van der Waals surface area contributed by atoms with Crippen molar-refractivity contribution in [1.29, 1.82) is 0 Å². The Balaban J connectivity index is 2.33. The van der Waals surface area contributed by atoms with E-state index in [0.29, 0.717) is 5.75 Å². The Morgan fingerprint density at radius 1 is 1.50 bits per heavy atom. The van der Waals surface area contributed by atoms with Gasteiger partial charge in [-0.2, -0.15) is 0 Å². The van der Waals surface area contributed by atoms with E-state index in [2.05, 4.69) is 20.9 Å². The topological polar surface area (TPSA) is 42.4 Å². The first-order valence-electron chi connectivity index (χ1n) is 4.62. The first-order chi connectivity index (χ1) is 7.72.